The van der Waals surface area contributed by atoms with E-state index in [1.807, 2.05) is 6.92 Å². The van der Waals surface area contributed by atoms with Gasteiger partial charge in [-0.25, -0.2) is 12.7 Å². The maximum Gasteiger partial charge on any atom is 0.252 e. The van der Waals surface area contributed by atoms with E-state index < -0.39 is 10.0 Å². The van der Waals surface area contributed by atoms with Crippen molar-refractivity contribution in [1.82, 2.24) is 4.31 Å². The smallest absolute Gasteiger partial charge is 0.206 e. The first-order valence-corrected chi connectivity index (χ1v) is 8.85. The topological polar surface area (TPSA) is 37.4 Å². The number of rotatable bonds is 5. The van der Waals surface area contributed by atoms with E-state index >= 15 is 0 Å². The molecule has 7 heteroatoms. The molecule has 1 heterocycles. The van der Waals surface area contributed by atoms with Crippen molar-refractivity contribution in [2.75, 3.05) is 18.9 Å². The predicted octanol–water partition coefficient (Wildman–Crippen LogP) is 3.22. The molecule has 0 aromatic carbocycles. The van der Waals surface area contributed by atoms with E-state index in [1.54, 1.807) is 13.1 Å². The Morgan fingerprint density at radius 2 is 2.12 bits per heavy atom. The van der Waals surface area contributed by atoms with Gasteiger partial charge in [-0.3, -0.25) is 0 Å². The van der Waals surface area contributed by atoms with Crippen molar-refractivity contribution in [1.29, 1.82) is 0 Å². The molecule has 1 aromatic rings. The molecular weight excluding hydrogens is 378 g/mol. The van der Waals surface area contributed by atoms with Gasteiger partial charge in [0.05, 0.1) is 3.79 Å². The van der Waals surface area contributed by atoms with Crippen molar-refractivity contribution in [3.63, 3.8) is 0 Å². The van der Waals surface area contributed by atoms with E-state index in [-0.39, 0.29) is 0 Å². The number of alkyl halides is 1. The summed E-state index contributed by atoms with van der Waals surface area (Å²) in [5.41, 5.74) is 0.956. The minimum Gasteiger partial charge on any atom is -0.206 e. The molecule has 0 saturated heterocycles. The van der Waals surface area contributed by atoms with Gasteiger partial charge in [-0.05, 0) is 40.9 Å². The van der Waals surface area contributed by atoms with E-state index in [1.165, 1.54) is 15.6 Å². The number of nitrogens with zero attached hydrogens (tertiary/aromatic N) is 1. The number of thiophene rings is 1. The van der Waals surface area contributed by atoms with E-state index in [0.717, 1.165) is 21.1 Å². The fourth-order valence-electron chi connectivity index (χ4n) is 1.12. The van der Waals surface area contributed by atoms with Crippen molar-refractivity contribution in [2.24, 2.45) is 0 Å². The molecule has 0 spiro atoms. The molecule has 16 heavy (non-hydrogen) atoms. The molecule has 1 aromatic heterocycles. The van der Waals surface area contributed by atoms with Crippen LogP contribution in [0.25, 0.3) is 0 Å². The van der Waals surface area contributed by atoms with Crippen LogP contribution in [0.1, 0.15) is 12.0 Å². The Kier molecular flexibility index (Phi) is 5.44. The fraction of sp³-hybridized carbons (Fsp3) is 0.556. The second-order valence-corrected chi connectivity index (χ2v) is 8.83. The molecule has 0 radical (unpaired) electrons. The van der Waals surface area contributed by atoms with E-state index in [9.17, 15) is 8.42 Å². The van der Waals surface area contributed by atoms with Crippen molar-refractivity contribution in [2.45, 2.75) is 17.6 Å². The summed E-state index contributed by atoms with van der Waals surface area (Å²) in [7, 11) is -1.70. The van der Waals surface area contributed by atoms with Gasteiger partial charge >= 0.3 is 0 Å². The zero-order valence-corrected chi connectivity index (χ0v) is 13.8. The van der Waals surface area contributed by atoms with Crippen LogP contribution in [0.3, 0.4) is 0 Å². The third-order valence-electron chi connectivity index (χ3n) is 2.11. The summed E-state index contributed by atoms with van der Waals surface area (Å²) >= 11 is 7.89. The molecule has 0 fully saturated rings. The normalized spacial score (nSPS) is 12.3. The molecular formula is C9H13Br2NO2S2. The molecule has 1 rings (SSSR count). The Morgan fingerprint density at radius 1 is 1.50 bits per heavy atom. The van der Waals surface area contributed by atoms with Crippen molar-refractivity contribution < 1.29 is 8.42 Å². The third kappa shape index (κ3) is 3.29. The number of hydrogen-bond acceptors (Lipinski definition) is 3. The highest BCUT2D eigenvalue weighted by atomic mass is 79.9. The van der Waals surface area contributed by atoms with Crippen LogP contribution in [0, 0.1) is 6.92 Å². The summed E-state index contributed by atoms with van der Waals surface area (Å²) in [5, 5.41) is 0.806. The average Bonchev–Trinajstić information content (AvgIpc) is 2.56. The van der Waals surface area contributed by atoms with Crippen molar-refractivity contribution in [3.05, 3.63) is 15.4 Å². The largest absolute Gasteiger partial charge is 0.252 e. The molecule has 0 unspecified atom stereocenters. The van der Waals surface area contributed by atoms with Gasteiger partial charge in [-0.1, -0.05) is 15.9 Å². The summed E-state index contributed by atoms with van der Waals surface area (Å²) in [6, 6.07) is 1.70. The van der Waals surface area contributed by atoms with E-state index in [4.69, 9.17) is 0 Å². The van der Waals surface area contributed by atoms with E-state index in [2.05, 4.69) is 31.9 Å². The molecule has 3 nitrogen and oxygen atoms in total. The van der Waals surface area contributed by atoms with Gasteiger partial charge < -0.3 is 0 Å². The SMILES string of the molecule is Cc1cc(S(=O)(=O)N(C)CCCBr)sc1Br. The lowest BCUT2D eigenvalue weighted by molar-refractivity contribution is 0.472. The Hall–Kier alpha value is 0.570. The quantitative estimate of drug-likeness (QED) is 0.723. The highest BCUT2D eigenvalue weighted by Crippen LogP contribution is 2.31. The van der Waals surface area contributed by atoms with Gasteiger partial charge in [-0.15, -0.1) is 11.3 Å². The number of halogens is 2. The molecule has 0 bridgehead atoms. The molecule has 0 aliphatic carbocycles. The minimum absolute atomic E-state index is 0.397. The first kappa shape index (κ1) is 14.6. The summed E-state index contributed by atoms with van der Waals surface area (Å²) in [4.78, 5) is 0. The van der Waals surface area contributed by atoms with Crippen LogP contribution in [0.5, 0.6) is 0 Å². The van der Waals surface area contributed by atoms with Gasteiger partial charge in [0.15, 0.2) is 0 Å². The van der Waals surface area contributed by atoms with Crippen molar-refractivity contribution >= 4 is 53.2 Å². The van der Waals surface area contributed by atoms with Crippen LogP contribution in [-0.2, 0) is 10.0 Å². The zero-order valence-electron chi connectivity index (χ0n) is 9.03. The lowest BCUT2D eigenvalue weighted by Gasteiger charge is -2.14. The number of hydrogen-bond donors (Lipinski definition) is 0. The Morgan fingerprint density at radius 3 is 2.56 bits per heavy atom. The summed E-state index contributed by atoms with van der Waals surface area (Å²) in [6.45, 7) is 2.42. The van der Waals surface area contributed by atoms with Crippen LogP contribution >= 0.6 is 43.2 Å². The van der Waals surface area contributed by atoms with Crippen LogP contribution in [0.15, 0.2) is 14.1 Å². The lowest BCUT2D eigenvalue weighted by Crippen LogP contribution is -2.27. The summed E-state index contributed by atoms with van der Waals surface area (Å²) < 4.78 is 26.9. The second-order valence-electron chi connectivity index (χ2n) is 3.39. The predicted molar refractivity (Wildman–Crippen MR) is 75.0 cm³/mol. The molecule has 0 aliphatic heterocycles. The highest BCUT2D eigenvalue weighted by molar-refractivity contribution is 9.11. The lowest BCUT2D eigenvalue weighted by atomic mass is 10.4. The summed E-state index contributed by atoms with van der Waals surface area (Å²) in [6.07, 6.45) is 0.807. The van der Waals surface area contributed by atoms with Crippen LogP contribution in [-0.4, -0.2) is 31.6 Å². The fourth-order valence-corrected chi connectivity index (χ4v) is 5.01. The number of aryl methyl sites for hydroxylation is 1. The summed E-state index contributed by atoms with van der Waals surface area (Å²) in [5.74, 6) is 0. The average molecular weight is 391 g/mol. The van der Waals surface area contributed by atoms with Crippen LogP contribution in [0.2, 0.25) is 0 Å². The van der Waals surface area contributed by atoms with Gasteiger partial charge in [0.25, 0.3) is 10.0 Å². The first-order chi connectivity index (χ1) is 7.39. The highest BCUT2D eigenvalue weighted by Gasteiger charge is 2.23. The maximum atomic E-state index is 12.1. The Labute approximate surface area is 117 Å². The first-order valence-electron chi connectivity index (χ1n) is 4.68. The molecule has 92 valence electrons. The monoisotopic (exact) mass is 389 g/mol. The maximum absolute atomic E-state index is 12.1. The molecule has 0 saturated carbocycles. The molecule has 0 atom stereocenters. The second kappa shape index (κ2) is 5.95. The van der Waals surface area contributed by atoms with Crippen LogP contribution in [0.4, 0.5) is 0 Å². The van der Waals surface area contributed by atoms with Gasteiger partial charge in [0.2, 0.25) is 0 Å². The molecule has 0 N–H and O–H groups in total. The minimum atomic E-state index is -3.31. The van der Waals surface area contributed by atoms with Gasteiger partial charge in [0, 0.05) is 18.9 Å². The van der Waals surface area contributed by atoms with Crippen molar-refractivity contribution in [3.8, 4) is 0 Å². The Balaban J connectivity index is 2.93. The van der Waals surface area contributed by atoms with Crippen LogP contribution < -0.4 is 0 Å². The molecule has 0 aliphatic rings. The van der Waals surface area contributed by atoms with Gasteiger partial charge in [0.1, 0.15) is 4.21 Å². The Bertz CT molecular complexity index is 437. The zero-order chi connectivity index (χ0) is 12.3. The third-order valence-corrected chi connectivity index (χ3v) is 7.11. The van der Waals surface area contributed by atoms with Gasteiger partial charge in [-0.2, -0.15) is 0 Å². The standard InChI is InChI=1S/C9H13Br2NO2S2/c1-7-6-8(15-9(7)11)16(13,14)12(2)5-3-4-10/h6H,3-5H2,1-2H3. The molecule has 0 amide bonds. The number of sulfonamides is 1. The van der Waals surface area contributed by atoms with E-state index in [0.29, 0.717) is 10.8 Å².